The van der Waals surface area contributed by atoms with Gasteiger partial charge in [-0.15, -0.1) is 0 Å². The highest BCUT2D eigenvalue weighted by molar-refractivity contribution is 7.46. The fraction of sp³-hybridized carbons (Fsp3) is 0.760. The molecule has 0 saturated carbocycles. The number of unbranched alkanes of at least 4 members (excludes halogenated alkanes) is 12. The minimum absolute atomic E-state index is 0.0832. The maximum Gasteiger partial charge on any atom is 0.469 e. The molecule has 1 unspecified atom stereocenters. The van der Waals surface area contributed by atoms with Crippen molar-refractivity contribution in [3.63, 3.8) is 0 Å². The van der Waals surface area contributed by atoms with Crippen LogP contribution in [0, 0.1) is 0 Å². The van der Waals surface area contributed by atoms with Crippen LogP contribution in [0.15, 0.2) is 30.3 Å². The van der Waals surface area contributed by atoms with E-state index in [0.717, 1.165) is 18.6 Å². The summed E-state index contributed by atoms with van der Waals surface area (Å²) in [5.74, 6) is 0.808. The van der Waals surface area contributed by atoms with Crippen molar-refractivity contribution >= 4 is 7.82 Å². The van der Waals surface area contributed by atoms with Crippen LogP contribution in [0.1, 0.15) is 96.8 Å². The number of ether oxygens (including phenoxy) is 2. The second-order valence-corrected chi connectivity index (χ2v) is 9.72. The van der Waals surface area contributed by atoms with E-state index in [1.54, 1.807) is 0 Å². The Balaban J connectivity index is 2.11. The van der Waals surface area contributed by atoms with Crippen molar-refractivity contribution in [3.8, 4) is 5.75 Å². The number of hydrogen-bond donors (Lipinski definition) is 2. The molecule has 2 N–H and O–H groups in total. The van der Waals surface area contributed by atoms with Gasteiger partial charge in [0, 0.05) is 0 Å². The number of phosphoric ester groups is 1. The summed E-state index contributed by atoms with van der Waals surface area (Å²) in [4.78, 5) is 17.4. The van der Waals surface area contributed by atoms with Crippen LogP contribution in [0.25, 0.3) is 0 Å². The van der Waals surface area contributed by atoms with Crippen molar-refractivity contribution in [2.75, 3.05) is 19.8 Å². The monoisotopic (exact) mass is 472 g/mol. The lowest BCUT2D eigenvalue weighted by atomic mass is 10.0. The first kappa shape index (κ1) is 29.1. The maximum absolute atomic E-state index is 10.7. The van der Waals surface area contributed by atoms with Crippen LogP contribution in [-0.4, -0.2) is 35.7 Å². The van der Waals surface area contributed by atoms with Crippen molar-refractivity contribution < 1.29 is 28.3 Å². The molecule has 0 aliphatic rings. The van der Waals surface area contributed by atoms with Crippen molar-refractivity contribution in [1.82, 2.24) is 0 Å². The maximum atomic E-state index is 10.7. The Hall–Kier alpha value is -0.910. The number of rotatable bonds is 22. The van der Waals surface area contributed by atoms with Crippen LogP contribution in [0.5, 0.6) is 5.75 Å². The second kappa shape index (κ2) is 19.5. The van der Waals surface area contributed by atoms with Gasteiger partial charge in [0.15, 0.2) is 0 Å². The minimum atomic E-state index is -4.44. The third kappa shape index (κ3) is 18.6. The second-order valence-electron chi connectivity index (χ2n) is 8.48. The van der Waals surface area contributed by atoms with Gasteiger partial charge in [-0.1, -0.05) is 102 Å². The fourth-order valence-corrected chi connectivity index (χ4v) is 4.00. The summed E-state index contributed by atoms with van der Waals surface area (Å²) in [6.45, 7) is 2.62. The average Bonchev–Trinajstić information content (AvgIpc) is 2.76. The number of hydrogen-bond acceptors (Lipinski definition) is 4. The molecule has 7 heteroatoms. The first-order valence-corrected chi connectivity index (χ1v) is 14.0. The van der Waals surface area contributed by atoms with Crippen LogP contribution in [-0.2, 0) is 13.8 Å². The van der Waals surface area contributed by atoms with E-state index in [1.807, 2.05) is 30.3 Å². The van der Waals surface area contributed by atoms with Gasteiger partial charge in [0.05, 0.1) is 19.8 Å². The SMILES string of the molecule is CCCCCCCCCCCCCCCC(COCCOP(=O)(O)O)Oc1ccccc1. The van der Waals surface area contributed by atoms with E-state index >= 15 is 0 Å². The standard InChI is InChI=1S/C25H45O6P/c1-2-3-4-5-6-7-8-9-10-11-12-13-15-20-25(31-24-18-16-14-17-19-24)23-29-21-22-30-32(26,27)28/h14,16-19,25H,2-13,15,20-23H2,1H3,(H2,26,27,28). The van der Waals surface area contributed by atoms with Crippen molar-refractivity contribution in [1.29, 1.82) is 0 Å². The number of para-hydroxylation sites is 1. The van der Waals surface area contributed by atoms with E-state index in [0.29, 0.717) is 6.61 Å². The van der Waals surface area contributed by atoms with E-state index in [1.165, 1.54) is 77.0 Å². The molecule has 32 heavy (non-hydrogen) atoms. The zero-order valence-electron chi connectivity index (χ0n) is 20.0. The molecule has 1 atom stereocenters. The zero-order chi connectivity index (χ0) is 23.3. The summed E-state index contributed by atoms with van der Waals surface area (Å²) in [6, 6.07) is 9.67. The summed E-state index contributed by atoms with van der Waals surface area (Å²) in [7, 11) is -4.44. The van der Waals surface area contributed by atoms with Gasteiger partial charge in [-0.3, -0.25) is 4.52 Å². The summed E-state index contributed by atoms with van der Waals surface area (Å²) in [5, 5.41) is 0. The third-order valence-corrected chi connectivity index (χ3v) is 5.99. The Bertz CT molecular complexity index is 577. The van der Waals surface area contributed by atoms with Crippen LogP contribution in [0.4, 0.5) is 0 Å². The molecule has 1 aromatic carbocycles. The van der Waals surface area contributed by atoms with Crippen LogP contribution in [0.3, 0.4) is 0 Å². The molecule has 0 fully saturated rings. The Morgan fingerprint density at radius 3 is 1.84 bits per heavy atom. The smallest absolute Gasteiger partial charge is 0.469 e. The molecular weight excluding hydrogens is 427 g/mol. The molecule has 0 aliphatic carbocycles. The Kier molecular flexibility index (Phi) is 17.8. The van der Waals surface area contributed by atoms with E-state index in [4.69, 9.17) is 19.3 Å². The lowest BCUT2D eigenvalue weighted by molar-refractivity contribution is 0.0272. The van der Waals surface area contributed by atoms with E-state index in [-0.39, 0.29) is 19.3 Å². The van der Waals surface area contributed by atoms with Crippen molar-refractivity contribution in [3.05, 3.63) is 30.3 Å². The molecule has 6 nitrogen and oxygen atoms in total. The molecule has 0 radical (unpaired) electrons. The van der Waals surface area contributed by atoms with Gasteiger partial charge < -0.3 is 19.3 Å². The molecule has 0 aliphatic heterocycles. The molecule has 0 bridgehead atoms. The van der Waals surface area contributed by atoms with E-state index < -0.39 is 7.82 Å². The van der Waals surface area contributed by atoms with Gasteiger partial charge in [0.25, 0.3) is 0 Å². The topological polar surface area (TPSA) is 85.2 Å². The Morgan fingerprint density at radius 1 is 0.781 bits per heavy atom. The first-order valence-electron chi connectivity index (χ1n) is 12.5. The van der Waals surface area contributed by atoms with Gasteiger partial charge in [-0.25, -0.2) is 4.57 Å². The van der Waals surface area contributed by atoms with Gasteiger partial charge in [-0.05, 0) is 25.0 Å². The van der Waals surface area contributed by atoms with Gasteiger partial charge in [0.2, 0.25) is 0 Å². The van der Waals surface area contributed by atoms with Crippen molar-refractivity contribution in [2.45, 2.75) is 103 Å². The highest BCUT2D eigenvalue weighted by atomic mass is 31.2. The molecule has 0 spiro atoms. The Morgan fingerprint density at radius 2 is 1.31 bits per heavy atom. The lowest BCUT2D eigenvalue weighted by Crippen LogP contribution is -2.24. The van der Waals surface area contributed by atoms with Crippen LogP contribution >= 0.6 is 7.82 Å². The predicted octanol–water partition coefficient (Wildman–Crippen LogP) is 7.04. The summed E-state index contributed by atoms with van der Waals surface area (Å²) in [5.41, 5.74) is 0. The third-order valence-electron chi connectivity index (χ3n) is 5.47. The molecule has 186 valence electrons. The van der Waals surface area contributed by atoms with Crippen molar-refractivity contribution in [2.24, 2.45) is 0 Å². The lowest BCUT2D eigenvalue weighted by Gasteiger charge is -2.19. The molecule has 0 saturated heterocycles. The normalized spacial score (nSPS) is 12.7. The number of phosphoric acid groups is 1. The molecular formula is C25H45O6P. The molecule has 1 rings (SSSR count). The van der Waals surface area contributed by atoms with E-state index in [9.17, 15) is 4.57 Å². The highest BCUT2D eigenvalue weighted by Crippen LogP contribution is 2.35. The molecule has 0 amide bonds. The van der Waals surface area contributed by atoms with Gasteiger partial charge >= 0.3 is 7.82 Å². The van der Waals surface area contributed by atoms with Gasteiger partial charge in [-0.2, -0.15) is 0 Å². The first-order chi connectivity index (χ1) is 15.5. The summed E-state index contributed by atoms with van der Waals surface area (Å²) >= 11 is 0. The van der Waals surface area contributed by atoms with Gasteiger partial charge in [0.1, 0.15) is 11.9 Å². The summed E-state index contributed by atoms with van der Waals surface area (Å²) in [6.07, 6.45) is 18.0. The quantitative estimate of drug-likeness (QED) is 0.139. The predicted molar refractivity (Wildman–Crippen MR) is 130 cm³/mol. The van der Waals surface area contributed by atoms with Crippen LogP contribution < -0.4 is 4.74 Å². The molecule has 0 aromatic heterocycles. The van der Waals surface area contributed by atoms with Crippen LogP contribution in [0.2, 0.25) is 0 Å². The average molecular weight is 473 g/mol. The largest absolute Gasteiger partial charge is 0.488 e. The highest BCUT2D eigenvalue weighted by Gasteiger charge is 2.14. The zero-order valence-corrected chi connectivity index (χ0v) is 20.9. The molecule has 1 aromatic rings. The minimum Gasteiger partial charge on any atom is -0.488 e. The fourth-order valence-electron chi connectivity index (χ4n) is 3.69. The summed E-state index contributed by atoms with van der Waals surface area (Å²) < 4.78 is 26.7. The van der Waals surface area contributed by atoms with E-state index in [2.05, 4.69) is 11.4 Å². The Labute approximate surface area is 195 Å². The molecule has 0 heterocycles. The number of benzene rings is 1.